The Morgan fingerprint density at radius 3 is 2.88 bits per heavy atom. The molecule has 1 aromatic heterocycles. The molecule has 0 bridgehead atoms. The summed E-state index contributed by atoms with van der Waals surface area (Å²) in [4.78, 5) is 15.7. The van der Waals surface area contributed by atoms with Crippen LogP contribution in [0.1, 0.15) is 29.4 Å². The first kappa shape index (κ1) is 12.5. The minimum absolute atomic E-state index is 0.273. The highest BCUT2D eigenvalue weighted by Gasteiger charge is 2.12. The highest BCUT2D eigenvalue weighted by molar-refractivity contribution is 6.29. The van der Waals surface area contributed by atoms with E-state index in [0.29, 0.717) is 17.7 Å². The maximum absolute atomic E-state index is 11.7. The van der Waals surface area contributed by atoms with Crippen LogP contribution in [-0.2, 0) is 0 Å². The largest absolute Gasteiger partial charge is 0.336 e. The maximum atomic E-state index is 11.7. The van der Waals surface area contributed by atoms with Crippen LogP contribution in [0.5, 0.6) is 0 Å². The van der Waals surface area contributed by atoms with E-state index in [2.05, 4.69) is 10.3 Å². The van der Waals surface area contributed by atoms with E-state index in [1.165, 1.54) is 6.07 Å². The van der Waals surface area contributed by atoms with Crippen molar-refractivity contribution < 1.29 is 4.79 Å². The lowest BCUT2D eigenvalue weighted by atomic mass is 10.2. The maximum Gasteiger partial charge on any atom is 0.252 e. The second-order valence-corrected chi connectivity index (χ2v) is 3.77. The molecule has 0 saturated heterocycles. The Balaban J connectivity index is 2.85. The fourth-order valence-corrected chi connectivity index (χ4v) is 1.48. The van der Waals surface area contributed by atoms with Crippen LogP contribution in [0.2, 0.25) is 5.15 Å². The summed E-state index contributed by atoms with van der Waals surface area (Å²) in [5.74, 6) is -0.305. The highest BCUT2D eigenvalue weighted by atomic mass is 35.5. The molecule has 1 N–H and O–H groups in total. The smallest absolute Gasteiger partial charge is 0.252 e. The predicted molar refractivity (Wildman–Crippen MR) is 61.1 cm³/mol. The normalized spacial score (nSPS) is 11.6. The number of nitrogens with zero attached hydrogens (tertiary/aromatic N) is 2. The van der Waals surface area contributed by atoms with E-state index in [-0.39, 0.29) is 11.1 Å². The minimum Gasteiger partial charge on any atom is -0.336 e. The third-order valence-corrected chi connectivity index (χ3v) is 2.25. The Hall–Kier alpha value is -1.60. The highest BCUT2D eigenvalue weighted by Crippen LogP contribution is 2.10. The van der Waals surface area contributed by atoms with Gasteiger partial charge in [-0.15, -0.1) is 0 Å². The van der Waals surface area contributed by atoms with Gasteiger partial charge in [0.25, 0.3) is 5.91 Å². The van der Waals surface area contributed by atoms with Crippen molar-refractivity contribution in [3.05, 3.63) is 28.5 Å². The molecule has 0 saturated carbocycles. The Morgan fingerprint density at radius 1 is 1.69 bits per heavy atom. The number of aromatic nitrogens is 1. The van der Waals surface area contributed by atoms with Crippen molar-refractivity contribution in [2.24, 2.45) is 0 Å². The van der Waals surface area contributed by atoms with Gasteiger partial charge >= 0.3 is 0 Å². The summed E-state index contributed by atoms with van der Waals surface area (Å²) >= 11 is 5.74. The van der Waals surface area contributed by atoms with Gasteiger partial charge in [-0.1, -0.05) is 18.5 Å². The summed E-state index contributed by atoms with van der Waals surface area (Å²) in [6, 6.07) is 4.64. The molecule has 16 heavy (non-hydrogen) atoms. The molecule has 1 rings (SSSR count). The van der Waals surface area contributed by atoms with Crippen LogP contribution in [0.25, 0.3) is 0 Å². The molecular formula is C11H12ClN3O. The van der Waals surface area contributed by atoms with E-state index >= 15 is 0 Å². The molecule has 0 aliphatic heterocycles. The monoisotopic (exact) mass is 237 g/mol. The Labute approximate surface area is 99.2 Å². The molecule has 0 radical (unpaired) electrons. The lowest BCUT2D eigenvalue weighted by molar-refractivity contribution is 0.0944. The van der Waals surface area contributed by atoms with Crippen LogP contribution in [-0.4, -0.2) is 16.9 Å². The van der Waals surface area contributed by atoms with Crippen molar-refractivity contribution in [2.75, 3.05) is 0 Å². The van der Waals surface area contributed by atoms with Gasteiger partial charge in [0.05, 0.1) is 6.07 Å². The molecule has 84 valence electrons. The average Bonchev–Trinajstić information content (AvgIpc) is 2.24. The number of carbonyl (C=O) groups excluding carboxylic acids is 1. The van der Waals surface area contributed by atoms with Gasteiger partial charge in [0.15, 0.2) is 0 Å². The quantitative estimate of drug-likeness (QED) is 0.819. The number of nitrogens with one attached hydrogen (secondary N) is 1. The van der Waals surface area contributed by atoms with Gasteiger partial charge in [-0.2, -0.15) is 5.26 Å². The van der Waals surface area contributed by atoms with Gasteiger partial charge in [-0.3, -0.25) is 4.79 Å². The molecule has 5 heteroatoms. The average molecular weight is 238 g/mol. The van der Waals surface area contributed by atoms with Crippen molar-refractivity contribution >= 4 is 17.5 Å². The summed E-state index contributed by atoms with van der Waals surface area (Å²) < 4.78 is 0. The predicted octanol–water partition coefficient (Wildman–Crippen LogP) is 2.08. The number of halogens is 1. The fraction of sp³-hybridized carbons (Fsp3) is 0.364. The zero-order valence-electron chi connectivity index (χ0n) is 9.12. The van der Waals surface area contributed by atoms with E-state index in [9.17, 15) is 4.79 Å². The number of hydrogen-bond acceptors (Lipinski definition) is 3. The molecule has 1 heterocycles. The molecule has 0 aromatic carbocycles. The van der Waals surface area contributed by atoms with Gasteiger partial charge in [0, 0.05) is 11.3 Å². The van der Waals surface area contributed by atoms with E-state index in [4.69, 9.17) is 16.9 Å². The van der Waals surface area contributed by atoms with Crippen molar-refractivity contribution in [3.8, 4) is 6.07 Å². The second-order valence-electron chi connectivity index (χ2n) is 3.38. The molecule has 0 fully saturated rings. The summed E-state index contributed by atoms with van der Waals surface area (Å²) in [6.45, 7) is 3.59. The lowest BCUT2D eigenvalue weighted by Gasteiger charge is -2.09. The number of nitriles is 1. The topological polar surface area (TPSA) is 65.8 Å². The van der Waals surface area contributed by atoms with Gasteiger partial charge in [0.2, 0.25) is 0 Å². The van der Waals surface area contributed by atoms with Gasteiger partial charge in [-0.25, -0.2) is 4.98 Å². The molecule has 0 spiro atoms. The molecule has 1 amide bonds. The molecule has 1 atom stereocenters. The summed E-state index contributed by atoms with van der Waals surface area (Å²) in [6.07, 6.45) is 0.569. The number of rotatable bonds is 3. The van der Waals surface area contributed by atoms with Gasteiger partial charge < -0.3 is 5.32 Å². The zero-order chi connectivity index (χ0) is 12.1. The molecule has 1 unspecified atom stereocenters. The first-order valence-electron chi connectivity index (χ1n) is 4.91. The molecule has 0 aliphatic carbocycles. The number of amides is 1. The summed E-state index contributed by atoms with van der Waals surface area (Å²) in [5.41, 5.74) is 1.09. The van der Waals surface area contributed by atoms with Crippen molar-refractivity contribution in [1.82, 2.24) is 10.3 Å². The second kappa shape index (κ2) is 5.47. The van der Waals surface area contributed by atoms with Crippen molar-refractivity contribution in [2.45, 2.75) is 26.3 Å². The van der Waals surface area contributed by atoms with Crippen LogP contribution in [0.15, 0.2) is 12.1 Å². The number of pyridine rings is 1. The van der Waals surface area contributed by atoms with E-state index < -0.39 is 6.04 Å². The van der Waals surface area contributed by atoms with Crippen LogP contribution in [0.3, 0.4) is 0 Å². The minimum atomic E-state index is -0.472. The Kier molecular flexibility index (Phi) is 4.27. The Bertz CT molecular complexity index is 419. The van der Waals surface area contributed by atoms with Crippen molar-refractivity contribution in [1.29, 1.82) is 5.26 Å². The third-order valence-electron chi connectivity index (χ3n) is 2.05. The van der Waals surface area contributed by atoms with E-state index in [0.717, 1.165) is 0 Å². The van der Waals surface area contributed by atoms with Crippen LogP contribution in [0.4, 0.5) is 0 Å². The first-order valence-corrected chi connectivity index (χ1v) is 5.29. The van der Waals surface area contributed by atoms with Crippen LogP contribution >= 0.6 is 11.6 Å². The van der Waals surface area contributed by atoms with E-state index in [1.807, 2.05) is 13.0 Å². The van der Waals surface area contributed by atoms with E-state index in [1.54, 1.807) is 13.0 Å². The fourth-order valence-electron chi connectivity index (χ4n) is 1.23. The zero-order valence-corrected chi connectivity index (χ0v) is 9.88. The lowest BCUT2D eigenvalue weighted by Crippen LogP contribution is -2.33. The van der Waals surface area contributed by atoms with Crippen molar-refractivity contribution in [3.63, 3.8) is 0 Å². The summed E-state index contributed by atoms with van der Waals surface area (Å²) in [5, 5.41) is 11.6. The number of carbonyl (C=O) groups is 1. The standard InChI is InChI=1S/C11H12ClN3O/c1-3-9(6-13)15-11(16)8-4-7(2)14-10(12)5-8/h4-5,9H,3H2,1-2H3,(H,15,16). The number of hydrogen-bond donors (Lipinski definition) is 1. The first-order chi connectivity index (χ1) is 7.56. The molecular weight excluding hydrogens is 226 g/mol. The van der Waals surface area contributed by atoms with Gasteiger partial charge in [0.1, 0.15) is 11.2 Å². The molecule has 1 aromatic rings. The molecule has 4 nitrogen and oxygen atoms in total. The van der Waals surface area contributed by atoms with Crippen LogP contribution in [0, 0.1) is 18.3 Å². The Morgan fingerprint density at radius 2 is 2.38 bits per heavy atom. The van der Waals surface area contributed by atoms with Gasteiger partial charge in [-0.05, 0) is 25.5 Å². The van der Waals surface area contributed by atoms with Crippen LogP contribution < -0.4 is 5.32 Å². The number of aryl methyl sites for hydroxylation is 1. The summed E-state index contributed by atoms with van der Waals surface area (Å²) in [7, 11) is 0. The third kappa shape index (κ3) is 3.21. The SMILES string of the molecule is CCC(C#N)NC(=O)c1cc(C)nc(Cl)c1. The molecule has 0 aliphatic rings.